The van der Waals surface area contributed by atoms with Gasteiger partial charge in [0.15, 0.2) is 0 Å². The predicted molar refractivity (Wildman–Crippen MR) is 46.8 cm³/mol. The molecule has 0 radical (unpaired) electrons. The zero-order valence-electron chi connectivity index (χ0n) is 7.32. The van der Waals surface area contributed by atoms with Gasteiger partial charge in [-0.25, -0.2) is 4.98 Å². The van der Waals surface area contributed by atoms with Gasteiger partial charge in [0.2, 0.25) is 5.88 Å². The molecule has 0 saturated carbocycles. The highest BCUT2D eigenvalue weighted by molar-refractivity contribution is 5.17. The van der Waals surface area contributed by atoms with E-state index in [1.807, 2.05) is 6.07 Å². The van der Waals surface area contributed by atoms with E-state index in [2.05, 4.69) is 4.98 Å². The van der Waals surface area contributed by atoms with Gasteiger partial charge in [-0.1, -0.05) is 6.07 Å². The van der Waals surface area contributed by atoms with Crippen molar-refractivity contribution in [1.82, 2.24) is 4.98 Å². The molecule has 1 heterocycles. The maximum atomic E-state index is 7.00. The number of rotatable bonds is 2. The van der Waals surface area contributed by atoms with Crippen LogP contribution in [0, 0.1) is 0 Å². The number of nitrogens with two attached hydrogens (primary N) is 1. The van der Waals surface area contributed by atoms with Crippen LogP contribution in [0.4, 0.5) is 0 Å². The van der Waals surface area contributed by atoms with E-state index in [1.165, 1.54) is 0 Å². The number of nitrogens with zero attached hydrogens (tertiary/aromatic N) is 1. The summed E-state index contributed by atoms with van der Waals surface area (Å²) in [7, 11) is 2.59. The van der Waals surface area contributed by atoms with Gasteiger partial charge in [-0.15, -0.1) is 0 Å². The first-order valence-corrected chi connectivity index (χ1v) is 3.50. The SMILES string of the molecule is CO.COc1ccc(CN)cn1. The maximum absolute atomic E-state index is 7.00. The number of ether oxygens (including phenoxy) is 1. The van der Waals surface area contributed by atoms with Crippen molar-refractivity contribution in [3.05, 3.63) is 23.9 Å². The first-order chi connectivity index (χ1) is 5.86. The van der Waals surface area contributed by atoms with Crippen LogP contribution in [0.3, 0.4) is 0 Å². The molecule has 0 fully saturated rings. The Hall–Kier alpha value is -1.13. The molecule has 3 N–H and O–H groups in total. The quantitative estimate of drug-likeness (QED) is 0.663. The van der Waals surface area contributed by atoms with Crippen LogP contribution in [-0.2, 0) is 6.54 Å². The van der Waals surface area contributed by atoms with Crippen LogP contribution in [0.15, 0.2) is 18.3 Å². The highest BCUT2D eigenvalue weighted by Crippen LogP contribution is 2.04. The summed E-state index contributed by atoms with van der Waals surface area (Å²) in [6.45, 7) is 0.525. The summed E-state index contributed by atoms with van der Waals surface area (Å²) >= 11 is 0. The summed E-state index contributed by atoms with van der Waals surface area (Å²) in [5.41, 5.74) is 6.38. The van der Waals surface area contributed by atoms with Crippen molar-refractivity contribution in [3.8, 4) is 5.88 Å². The Morgan fingerprint density at radius 1 is 1.50 bits per heavy atom. The molecule has 1 rings (SSSR count). The molecule has 4 nitrogen and oxygen atoms in total. The first-order valence-electron chi connectivity index (χ1n) is 3.50. The van der Waals surface area contributed by atoms with Crippen LogP contribution in [0.5, 0.6) is 5.88 Å². The topological polar surface area (TPSA) is 68.4 Å². The van der Waals surface area contributed by atoms with Gasteiger partial charge in [0.25, 0.3) is 0 Å². The van der Waals surface area contributed by atoms with Gasteiger partial charge in [0, 0.05) is 25.9 Å². The molecule has 1 aromatic rings. The minimum atomic E-state index is 0.525. The monoisotopic (exact) mass is 170 g/mol. The number of pyridine rings is 1. The summed E-state index contributed by atoms with van der Waals surface area (Å²) in [6.07, 6.45) is 1.71. The first kappa shape index (κ1) is 10.9. The Kier molecular flexibility index (Phi) is 5.95. The molecule has 0 unspecified atom stereocenters. The normalized spacial score (nSPS) is 8.33. The summed E-state index contributed by atoms with van der Waals surface area (Å²) in [4.78, 5) is 3.97. The van der Waals surface area contributed by atoms with Crippen molar-refractivity contribution in [1.29, 1.82) is 0 Å². The Morgan fingerprint density at radius 2 is 2.17 bits per heavy atom. The Balaban J connectivity index is 0.000000561. The largest absolute Gasteiger partial charge is 0.481 e. The van der Waals surface area contributed by atoms with Gasteiger partial charge >= 0.3 is 0 Å². The molecule has 0 aliphatic heterocycles. The smallest absolute Gasteiger partial charge is 0.212 e. The minimum Gasteiger partial charge on any atom is -0.481 e. The lowest BCUT2D eigenvalue weighted by atomic mass is 10.3. The van der Waals surface area contributed by atoms with Crippen molar-refractivity contribution < 1.29 is 9.84 Å². The lowest BCUT2D eigenvalue weighted by Gasteiger charge is -1.98. The van der Waals surface area contributed by atoms with Crippen LogP contribution in [-0.4, -0.2) is 24.3 Å². The van der Waals surface area contributed by atoms with E-state index < -0.39 is 0 Å². The molecule has 0 saturated heterocycles. The maximum Gasteiger partial charge on any atom is 0.212 e. The van der Waals surface area contributed by atoms with E-state index in [4.69, 9.17) is 15.6 Å². The van der Waals surface area contributed by atoms with Crippen LogP contribution >= 0.6 is 0 Å². The molecule has 0 aliphatic carbocycles. The molecule has 12 heavy (non-hydrogen) atoms. The van der Waals surface area contributed by atoms with E-state index in [0.717, 1.165) is 12.7 Å². The Labute approximate surface area is 72.0 Å². The molecule has 0 aliphatic rings. The second-order valence-electron chi connectivity index (χ2n) is 1.91. The molecular formula is C8H14N2O2. The van der Waals surface area contributed by atoms with Crippen LogP contribution in [0.25, 0.3) is 0 Å². The predicted octanol–water partition coefficient (Wildman–Crippen LogP) is 0.157. The third-order valence-corrected chi connectivity index (χ3v) is 1.24. The lowest BCUT2D eigenvalue weighted by Crippen LogP contribution is -1.97. The lowest BCUT2D eigenvalue weighted by molar-refractivity contribution is 0.397. The molecular weight excluding hydrogens is 156 g/mol. The van der Waals surface area contributed by atoms with Crippen molar-refractivity contribution in [2.24, 2.45) is 5.73 Å². The molecule has 0 amide bonds. The summed E-state index contributed by atoms with van der Waals surface area (Å²) in [5.74, 6) is 0.622. The second-order valence-corrected chi connectivity index (χ2v) is 1.91. The number of aromatic nitrogens is 1. The van der Waals surface area contributed by atoms with Gasteiger partial charge in [-0.3, -0.25) is 0 Å². The fourth-order valence-electron chi connectivity index (χ4n) is 0.652. The van der Waals surface area contributed by atoms with E-state index in [9.17, 15) is 0 Å². The average Bonchev–Trinajstić information content (AvgIpc) is 2.21. The number of hydrogen-bond donors (Lipinski definition) is 2. The van der Waals surface area contributed by atoms with Gasteiger partial charge < -0.3 is 15.6 Å². The third-order valence-electron chi connectivity index (χ3n) is 1.24. The van der Waals surface area contributed by atoms with Crippen LogP contribution in [0.2, 0.25) is 0 Å². The summed E-state index contributed by atoms with van der Waals surface area (Å²) < 4.78 is 4.86. The molecule has 1 aromatic heterocycles. The van der Waals surface area contributed by atoms with E-state index in [-0.39, 0.29) is 0 Å². The van der Waals surface area contributed by atoms with Gasteiger partial charge in [0.05, 0.1) is 7.11 Å². The zero-order chi connectivity index (χ0) is 9.40. The molecule has 4 heteroatoms. The fraction of sp³-hybridized carbons (Fsp3) is 0.375. The van der Waals surface area contributed by atoms with Crippen LogP contribution < -0.4 is 10.5 Å². The highest BCUT2D eigenvalue weighted by Gasteiger charge is 1.90. The summed E-state index contributed by atoms with van der Waals surface area (Å²) in [6, 6.07) is 3.69. The van der Waals surface area contributed by atoms with E-state index in [0.29, 0.717) is 12.4 Å². The molecule has 0 spiro atoms. The standard InChI is InChI=1S/C7H10N2O.CH4O/c1-10-7-3-2-6(4-8)5-9-7;1-2/h2-3,5H,4,8H2,1H3;2H,1H3. The number of aliphatic hydroxyl groups is 1. The van der Waals surface area contributed by atoms with Gasteiger partial charge in [-0.2, -0.15) is 0 Å². The highest BCUT2D eigenvalue weighted by atomic mass is 16.5. The average molecular weight is 170 g/mol. The Bertz CT molecular complexity index is 176. The fourth-order valence-corrected chi connectivity index (χ4v) is 0.652. The van der Waals surface area contributed by atoms with Crippen molar-refractivity contribution >= 4 is 0 Å². The minimum absolute atomic E-state index is 0.525. The van der Waals surface area contributed by atoms with Crippen molar-refractivity contribution in [2.75, 3.05) is 14.2 Å². The van der Waals surface area contributed by atoms with Crippen LogP contribution in [0.1, 0.15) is 5.56 Å². The molecule has 0 bridgehead atoms. The van der Waals surface area contributed by atoms with Crippen molar-refractivity contribution in [3.63, 3.8) is 0 Å². The molecule has 0 atom stereocenters. The van der Waals surface area contributed by atoms with Gasteiger partial charge in [0.1, 0.15) is 0 Å². The molecule has 68 valence electrons. The number of aliphatic hydroxyl groups excluding tert-OH is 1. The second kappa shape index (κ2) is 6.57. The van der Waals surface area contributed by atoms with E-state index in [1.54, 1.807) is 19.4 Å². The third kappa shape index (κ3) is 3.32. The van der Waals surface area contributed by atoms with Gasteiger partial charge in [-0.05, 0) is 5.56 Å². The summed E-state index contributed by atoms with van der Waals surface area (Å²) in [5, 5.41) is 7.00. The zero-order valence-corrected chi connectivity index (χ0v) is 7.32. The Morgan fingerprint density at radius 3 is 2.50 bits per heavy atom. The van der Waals surface area contributed by atoms with Crippen molar-refractivity contribution in [2.45, 2.75) is 6.54 Å². The molecule has 0 aromatic carbocycles. The number of hydrogen-bond acceptors (Lipinski definition) is 4. The number of methoxy groups -OCH3 is 1. The van der Waals surface area contributed by atoms with E-state index >= 15 is 0 Å².